The largest absolute Gasteiger partial charge is 0.481 e. The first-order valence-electron chi connectivity index (χ1n) is 5.01. The van der Waals surface area contributed by atoms with Crippen molar-refractivity contribution >= 4 is 11.9 Å². The Balaban J connectivity index is 1.91. The van der Waals surface area contributed by atoms with Gasteiger partial charge in [-0.3, -0.25) is 9.59 Å². The molecule has 0 aromatic heterocycles. The van der Waals surface area contributed by atoms with Gasteiger partial charge in [0.15, 0.2) is 0 Å². The number of aliphatic carboxylic acids is 1. The number of carboxylic acid groups (broad SMARTS) is 1. The van der Waals surface area contributed by atoms with Crippen molar-refractivity contribution in [1.29, 1.82) is 0 Å². The number of hydrogen-bond acceptors (Lipinski definition) is 3. The van der Waals surface area contributed by atoms with Gasteiger partial charge in [-0.1, -0.05) is 0 Å². The molecule has 0 aliphatic carbocycles. The van der Waals surface area contributed by atoms with Gasteiger partial charge in [0.05, 0.1) is 5.92 Å². The molecule has 0 unspecified atom stereocenters. The van der Waals surface area contributed by atoms with E-state index in [1.807, 2.05) is 6.92 Å². The van der Waals surface area contributed by atoms with Gasteiger partial charge in [0, 0.05) is 31.8 Å². The summed E-state index contributed by atoms with van der Waals surface area (Å²) in [6.45, 7) is 4.09. The first-order valence-corrected chi connectivity index (χ1v) is 5.01. The van der Waals surface area contributed by atoms with E-state index in [1.165, 1.54) is 0 Å². The normalized spacial score (nSPS) is 20.6. The number of carboxylic acids is 1. The highest BCUT2D eigenvalue weighted by atomic mass is 16.4. The van der Waals surface area contributed by atoms with Gasteiger partial charge in [-0.15, -0.1) is 0 Å². The van der Waals surface area contributed by atoms with Gasteiger partial charge in [0.2, 0.25) is 5.91 Å². The standard InChI is InChI=1S/C10H14N2O3/c1-6(7-2-11-3-7)9(13)12-4-8(5-12)10(14)15/h8,11H,2-5H2,1H3,(H,14,15). The van der Waals surface area contributed by atoms with Crippen molar-refractivity contribution in [2.45, 2.75) is 6.92 Å². The molecule has 0 saturated carbocycles. The molecule has 2 aliphatic rings. The van der Waals surface area contributed by atoms with Crippen molar-refractivity contribution in [3.8, 4) is 0 Å². The van der Waals surface area contributed by atoms with Crippen LogP contribution in [0.25, 0.3) is 0 Å². The fraction of sp³-hybridized carbons (Fsp3) is 0.600. The van der Waals surface area contributed by atoms with Crippen LogP contribution in [-0.4, -0.2) is 48.1 Å². The fourth-order valence-electron chi connectivity index (χ4n) is 1.70. The minimum absolute atomic E-state index is 0.0102. The van der Waals surface area contributed by atoms with E-state index in [0.29, 0.717) is 13.1 Å². The van der Waals surface area contributed by atoms with Gasteiger partial charge >= 0.3 is 5.97 Å². The molecular formula is C10H14N2O3. The van der Waals surface area contributed by atoms with E-state index in [-0.39, 0.29) is 11.8 Å². The Morgan fingerprint density at radius 3 is 2.40 bits per heavy atom. The van der Waals surface area contributed by atoms with Gasteiger partial charge in [0.25, 0.3) is 0 Å². The number of amides is 1. The zero-order valence-corrected chi connectivity index (χ0v) is 8.62. The van der Waals surface area contributed by atoms with Crippen LogP contribution in [0.3, 0.4) is 0 Å². The molecule has 2 saturated heterocycles. The molecule has 15 heavy (non-hydrogen) atoms. The summed E-state index contributed by atoms with van der Waals surface area (Å²) in [6.07, 6.45) is 0. The summed E-state index contributed by atoms with van der Waals surface area (Å²) in [7, 11) is 0. The summed E-state index contributed by atoms with van der Waals surface area (Å²) < 4.78 is 0. The van der Waals surface area contributed by atoms with Crippen LogP contribution in [0.5, 0.6) is 0 Å². The van der Waals surface area contributed by atoms with Crippen molar-refractivity contribution in [2.75, 3.05) is 26.2 Å². The molecule has 2 N–H and O–H groups in total. The molecule has 5 nitrogen and oxygen atoms in total. The molecule has 0 bridgehead atoms. The van der Waals surface area contributed by atoms with E-state index in [1.54, 1.807) is 4.90 Å². The first kappa shape index (κ1) is 10.2. The summed E-state index contributed by atoms with van der Waals surface area (Å²) in [5.74, 6) is -1.19. The maximum Gasteiger partial charge on any atom is 0.310 e. The van der Waals surface area contributed by atoms with Gasteiger partial charge in [-0.2, -0.15) is 0 Å². The van der Waals surface area contributed by atoms with Gasteiger partial charge in [-0.05, 0) is 12.5 Å². The van der Waals surface area contributed by atoms with E-state index in [4.69, 9.17) is 5.11 Å². The van der Waals surface area contributed by atoms with E-state index < -0.39 is 5.97 Å². The second kappa shape index (κ2) is 3.66. The summed E-state index contributed by atoms with van der Waals surface area (Å²) in [4.78, 5) is 23.9. The average Bonchev–Trinajstić information content (AvgIpc) is 1.96. The molecule has 0 aromatic rings. The smallest absolute Gasteiger partial charge is 0.310 e. The minimum atomic E-state index is -0.810. The van der Waals surface area contributed by atoms with E-state index >= 15 is 0 Å². The van der Waals surface area contributed by atoms with Crippen LogP contribution in [0.1, 0.15) is 6.92 Å². The predicted octanol–water partition coefficient (Wildman–Crippen LogP) is -0.551. The van der Waals surface area contributed by atoms with E-state index in [0.717, 1.165) is 24.2 Å². The van der Waals surface area contributed by atoms with Gasteiger partial charge in [-0.25, -0.2) is 0 Å². The second-order valence-electron chi connectivity index (χ2n) is 4.08. The Kier molecular flexibility index (Phi) is 2.48. The highest BCUT2D eigenvalue weighted by Crippen LogP contribution is 2.20. The van der Waals surface area contributed by atoms with Crippen LogP contribution in [0.2, 0.25) is 0 Å². The summed E-state index contributed by atoms with van der Waals surface area (Å²) in [5, 5.41) is 11.8. The van der Waals surface area contributed by atoms with Crippen LogP contribution in [0.15, 0.2) is 11.1 Å². The number of carbonyl (C=O) groups is 2. The molecule has 0 radical (unpaired) electrons. The molecule has 2 fully saturated rings. The Bertz CT molecular complexity index is 337. The number of rotatable bonds is 2. The summed E-state index contributed by atoms with van der Waals surface area (Å²) >= 11 is 0. The zero-order valence-electron chi connectivity index (χ0n) is 8.62. The molecule has 0 aromatic carbocycles. The van der Waals surface area contributed by atoms with Crippen LogP contribution in [-0.2, 0) is 9.59 Å². The Morgan fingerprint density at radius 2 is 2.00 bits per heavy atom. The Labute approximate surface area is 87.7 Å². The Hall–Kier alpha value is -1.36. The molecule has 2 aliphatic heterocycles. The number of hydrogen-bond donors (Lipinski definition) is 2. The van der Waals surface area contributed by atoms with E-state index in [2.05, 4.69) is 5.32 Å². The molecule has 2 rings (SSSR count). The Morgan fingerprint density at radius 1 is 1.40 bits per heavy atom. The first-order chi connectivity index (χ1) is 7.09. The average molecular weight is 210 g/mol. The topological polar surface area (TPSA) is 69.6 Å². The van der Waals surface area contributed by atoms with Crippen molar-refractivity contribution in [3.05, 3.63) is 11.1 Å². The lowest BCUT2D eigenvalue weighted by Crippen LogP contribution is -2.53. The molecule has 2 heterocycles. The van der Waals surface area contributed by atoms with Crippen LogP contribution in [0.4, 0.5) is 0 Å². The number of likely N-dealkylation sites (tertiary alicyclic amines) is 1. The zero-order chi connectivity index (χ0) is 11.0. The highest BCUT2D eigenvalue weighted by Gasteiger charge is 2.36. The highest BCUT2D eigenvalue weighted by molar-refractivity contribution is 5.95. The monoisotopic (exact) mass is 210 g/mol. The lowest BCUT2D eigenvalue weighted by Gasteiger charge is -2.37. The molecule has 0 atom stereocenters. The second-order valence-corrected chi connectivity index (χ2v) is 4.08. The number of nitrogens with zero attached hydrogens (tertiary/aromatic N) is 1. The summed E-state index contributed by atoms with van der Waals surface area (Å²) in [6, 6.07) is 0. The van der Waals surface area contributed by atoms with Gasteiger partial charge in [0.1, 0.15) is 0 Å². The molecular weight excluding hydrogens is 196 g/mol. The fourth-order valence-corrected chi connectivity index (χ4v) is 1.70. The van der Waals surface area contributed by atoms with Crippen LogP contribution < -0.4 is 5.32 Å². The van der Waals surface area contributed by atoms with Crippen molar-refractivity contribution in [3.63, 3.8) is 0 Å². The quantitative estimate of drug-likeness (QED) is 0.600. The molecule has 0 spiro atoms. The summed E-state index contributed by atoms with van der Waals surface area (Å²) in [5.41, 5.74) is 1.91. The number of carbonyl (C=O) groups excluding carboxylic acids is 1. The van der Waals surface area contributed by atoms with Crippen LogP contribution in [0, 0.1) is 5.92 Å². The SMILES string of the molecule is CC(C(=O)N1CC(C(=O)O)C1)=C1CNC1. The van der Waals surface area contributed by atoms with Crippen LogP contribution >= 0.6 is 0 Å². The van der Waals surface area contributed by atoms with Crippen molar-refractivity contribution in [1.82, 2.24) is 10.2 Å². The van der Waals surface area contributed by atoms with E-state index in [9.17, 15) is 9.59 Å². The maximum atomic E-state index is 11.8. The van der Waals surface area contributed by atoms with Gasteiger partial charge < -0.3 is 15.3 Å². The van der Waals surface area contributed by atoms with Crippen molar-refractivity contribution in [2.24, 2.45) is 5.92 Å². The minimum Gasteiger partial charge on any atom is -0.481 e. The third-order valence-electron chi connectivity index (χ3n) is 3.05. The molecule has 5 heteroatoms. The molecule has 1 amide bonds. The molecule has 82 valence electrons. The number of nitrogens with one attached hydrogen (secondary N) is 1. The lowest BCUT2D eigenvalue weighted by atomic mass is 9.97. The third kappa shape index (κ3) is 1.74. The third-order valence-corrected chi connectivity index (χ3v) is 3.05. The van der Waals surface area contributed by atoms with Crippen molar-refractivity contribution < 1.29 is 14.7 Å². The maximum absolute atomic E-state index is 11.8. The predicted molar refractivity (Wildman–Crippen MR) is 53.3 cm³/mol. The lowest BCUT2D eigenvalue weighted by molar-refractivity contribution is -0.151.